The molecule has 1 nitrogen and oxygen atoms in total. The van der Waals surface area contributed by atoms with Gasteiger partial charge in [-0.25, -0.2) is 0 Å². The Morgan fingerprint density at radius 1 is 1.54 bits per heavy atom. The van der Waals surface area contributed by atoms with Gasteiger partial charge in [-0.15, -0.1) is 0 Å². The van der Waals surface area contributed by atoms with Crippen molar-refractivity contribution in [2.24, 2.45) is 0 Å². The van der Waals surface area contributed by atoms with E-state index in [-0.39, 0.29) is 5.78 Å². The van der Waals surface area contributed by atoms with Crippen molar-refractivity contribution >= 4 is 5.78 Å². The molecule has 1 heteroatoms. The molecule has 0 bridgehead atoms. The Morgan fingerprint density at radius 2 is 2.31 bits per heavy atom. The van der Waals surface area contributed by atoms with Crippen LogP contribution in [0.2, 0.25) is 0 Å². The van der Waals surface area contributed by atoms with Crippen LogP contribution >= 0.6 is 0 Å². The first-order valence-electron chi connectivity index (χ1n) is 5.14. The van der Waals surface area contributed by atoms with Gasteiger partial charge in [-0.1, -0.05) is 18.6 Å². The van der Waals surface area contributed by atoms with Crippen LogP contribution in [0.4, 0.5) is 0 Å². The Labute approximate surface area is 80.5 Å². The molecule has 1 aliphatic rings. The van der Waals surface area contributed by atoms with Crippen molar-refractivity contribution in [3.05, 3.63) is 23.3 Å². The monoisotopic (exact) mass is 178 g/mol. The van der Waals surface area contributed by atoms with Crippen molar-refractivity contribution in [1.82, 2.24) is 0 Å². The first-order valence-corrected chi connectivity index (χ1v) is 5.14. The van der Waals surface area contributed by atoms with Crippen LogP contribution < -0.4 is 0 Å². The van der Waals surface area contributed by atoms with E-state index >= 15 is 0 Å². The minimum atomic E-state index is 0.235. The van der Waals surface area contributed by atoms with Gasteiger partial charge in [-0.05, 0) is 50.7 Å². The third-order valence-corrected chi connectivity index (χ3v) is 2.54. The molecule has 0 aliphatic heterocycles. The Balaban J connectivity index is 2.61. The van der Waals surface area contributed by atoms with Crippen LogP contribution in [0.25, 0.3) is 0 Å². The third kappa shape index (κ3) is 3.17. The van der Waals surface area contributed by atoms with Gasteiger partial charge < -0.3 is 0 Å². The van der Waals surface area contributed by atoms with Crippen molar-refractivity contribution < 1.29 is 4.79 Å². The van der Waals surface area contributed by atoms with E-state index in [1.807, 2.05) is 6.92 Å². The van der Waals surface area contributed by atoms with Crippen molar-refractivity contribution in [3.8, 4) is 0 Å². The second kappa shape index (κ2) is 5.00. The number of allylic oxidation sites excluding steroid dienone is 4. The van der Waals surface area contributed by atoms with Gasteiger partial charge in [0, 0.05) is 0 Å². The summed E-state index contributed by atoms with van der Waals surface area (Å²) < 4.78 is 0. The average molecular weight is 178 g/mol. The van der Waals surface area contributed by atoms with E-state index in [1.54, 1.807) is 6.08 Å². The summed E-state index contributed by atoms with van der Waals surface area (Å²) in [5.74, 6) is 0.235. The molecule has 0 radical (unpaired) electrons. The molecule has 0 aromatic heterocycles. The number of rotatable bonds is 3. The fourth-order valence-electron chi connectivity index (χ4n) is 1.48. The van der Waals surface area contributed by atoms with Crippen LogP contribution in [0.1, 0.15) is 46.0 Å². The molecule has 0 amide bonds. The fraction of sp³-hybridized carbons (Fsp3) is 0.583. The molecule has 13 heavy (non-hydrogen) atoms. The first kappa shape index (κ1) is 10.2. The molecule has 0 saturated carbocycles. The highest BCUT2D eigenvalue weighted by molar-refractivity contribution is 6.04. The standard InChI is InChI=1S/C12H18O/c1-3-10(2)9-12(13)11-7-5-4-6-8-11/h7,9H,3-6,8H2,1-2H3/b10-9+. The number of hydrogen-bond acceptors (Lipinski definition) is 1. The van der Waals surface area contributed by atoms with Gasteiger partial charge in [-0.2, -0.15) is 0 Å². The Morgan fingerprint density at radius 3 is 2.85 bits per heavy atom. The van der Waals surface area contributed by atoms with Gasteiger partial charge in [0.15, 0.2) is 5.78 Å². The fourth-order valence-corrected chi connectivity index (χ4v) is 1.48. The van der Waals surface area contributed by atoms with E-state index in [1.165, 1.54) is 18.4 Å². The molecule has 0 aromatic carbocycles. The molecule has 0 atom stereocenters. The summed E-state index contributed by atoms with van der Waals surface area (Å²) in [5.41, 5.74) is 2.20. The van der Waals surface area contributed by atoms with Crippen molar-refractivity contribution in [2.75, 3.05) is 0 Å². The van der Waals surface area contributed by atoms with E-state index < -0.39 is 0 Å². The van der Waals surface area contributed by atoms with Gasteiger partial charge in [0.1, 0.15) is 0 Å². The molecule has 1 aliphatic carbocycles. The largest absolute Gasteiger partial charge is 0.290 e. The predicted octanol–water partition coefficient (Wildman–Crippen LogP) is 3.41. The maximum Gasteiger partial charge on any atom is 0.181 e. The molecule has 0 unspecified atom stereocenters. The third-order valence-electron chi connectivity index (χ3n) is 2.54. The summed E-state index contributed by atoms with van der Waals surface area (Å²) >= 11 is 0. The molecule has 0 aromatic rings. The minimum Gasteiger partial charge on any atom is -0.290 e. The van der Waals surface area contributed by atoms with Crippen LogP contribution in [0.3, 0.4) is 0 Å². The van der Waals surface area contributed by atoms with Crippen LogP contribution in [0, 0.1) is 0 Å². The summed E-state index contributed by atoms with van der Waals surface area (Å²) in [6.07, 6.45) is 9.34. The summed E-state index contributed by atoms with van der Waals surface area (Å²) in [4.78, 5) is 11.6. The summed E-state index contributed by atoms with van der Waals surface area (Å²) in [6, 6.07) is 0. The lowest BCUT2D eigenvalue weighted by Crippen LogP contribution is -2.03. The molecule has 0 spiro atoms. The number of carbonyl (C=O) groups excluding carboxylic acids is 1. The zero-order valence-electron chi connectivity index (χ0n) is 8.60. The van der Waals surface area contributed by atoms with E-state index in [9.17, 15) is 4.79 Å². The number of hydrogen-bond donors (Lipinski definition) is 0. The lowest BCUT2D eigenvalue weighted by molar-refractivity contribution is -0.111. The highest BCUT2D eigenvalue weighted by atomic mass is 16.1. The van der Waals surface area contributed by atoms with Crippen molar-refractivity contribution in [1.29, 1.82) is 0 Å². The molecule has 72 valence electrons. The normalized spacial score (nSPS) is 18.3. The lowest BCUT2D eigenvalue weighted by Gasteiger charge is -2.09. The molecule has 0 heterocycles. The predicted molar refractivity (Wildman–Crippen MR) is 55.6 cm³/mol. The number of carbonyl (C=O) groups is 1. The molecule has 1 rings (SSSR count). The number of ketones is 1. The van der Waals surface area contributed by atoms with E-state index in [0.29, 0.717) is 0 Å². The Bertz CT molecular complexity index is 246. The highest BCUT2D eigenvalue weighted by Gasteiger charge is 2.09. The van der Waals surface area contributed by atoms with E-state index in [2.05, 4.69) is 13.0 Å². The second-order valence-corrected chi connectivity index (χ2v) is 3.68. The van der Waals surface area contributed by atoms with Gasteiger partial charge in [0.2, 0.25) is 0 Å². The van der Waals surface area contributed by atoms with Crippen LogP contribution in [0.15, 0.2) is 23.3 Å². The smallest absolute Gasteiger partial charge is 0.181 e. The topological polar surface area (TPSA) is 17.1 Å². The lowest BCUT2D eigenvalue weighted by atomic mass is 9.95. The molecule has 0 N–H and O–H groups in total. The minimum absolute atomic E-state index is 0.235. The zero-order valence-corrected chi connectivity index (χ0v) is 8.60. The average Bonchev–Trinajstić information content (AvgIpc) is 2.19. The second-order valence-electron chi connectivity index (χ2n) is 3.68. The quantitative estimate of drug-likeness (QED) is 0.605. The summed E-state index contributed by atoms with van der Waals surface area (Å²) in [6.45, 7) is 4.09. The molecular formula is C12H18O. The Kier molecular flexibility index (Phi) is 3.94. The summed E-state index contributed by atoms with van der Waals surface area (Å²) in [5, 5.41) is 0. The Hall–Kier alpha value is -0.850. The molecule has 0 fully saturated rings. The summed E-state index contributed by atoms with van der Waals surface area (Å²) in [7, 11) is 0. The van der Waals surface area contributed by atoms with Gasteiger partial charge in [-0.3, -0.25) is 4.79 Å². The molecule has 0 saturated heterocycles. The maximum atomic E-state index is 11.6. The van der Waals surface area contributed by atoms with Gasteiger partial charge >= 0.3 is 0 Å². The highest BCUT2D eigenvalue weighted by Crippen LogP contribution is 2.18. The SMILES string of the molecule is CC/C(C)=C/C(=O)C1=CCCCC1. The van der Waals surface area contributed by atoms with E-state index in [0.717, 1.165) is 24.8 Å². The van der Waals surface area contributed by atoms with Crippen LogP contribution in [-0.2, 0) is 4.79 Å². The van der Waals surface area contributed by atoms with Crippen LogP contribution in [-0.4, -0.2) is 5.78 Å². The van der Waals surface area contributed by atoms with Gasteiger partial charge in [0.25, 0.3) is 0 Å². The zero-order chi connectivity index (χ0) is 9.68. The van der Waals surface area contributed by atoms with Crippen LogP contribution in [0.5, 0.6) is 0 Å². The van der Waals surface area contributed by atoms with Crippen molar-refractivity contribution in [2.45, 2.75) is 46.0 Å². The first-order chi connectivity index (χ1) is 6.24. The van der Waals surface area contributed by atoms with E-state index in [4.69, 9.17) is 0 Å². The molecular weight excluding hydrogens is 160 g/mol. The van der Waals surface area contributed by atoms with Crippen molar-refractivity contribution in [3.63, 3.8) is 0 Å². The maximum absolute atomic E-state index is 11.6. The van der Waals surface area contributed by atoms with Gasteiger partial charge in [0.05, 0.1) is 0 Å².